The minimum Gasteiger partial charge on any atom is -0.508 e. The van der Waals surface area contributed by atoms with Crippen LogP contribution in [0.4, 0.5) is 28.8 Å². The topological polar surface area (TPSA) is 82.5 Å². The summed E-state index contributed by atoms with van der Waals surface area (Å²) in [6.07, 6.45) is 1.77. The normalized spacial score (nSPS) is 14.0. The lowest BCUT2D eigenvalue weighted by Gasteiger charge is -2.28. The summed E-state index contributed by atoms with van der Waals surface area (Å²) in [7, 11) is 0. The van der Waals surface area contributed by atoms with Gasteiger partial charge in [-0.15, -0.1) is 0 Å². The second-order valence-electron chi connectivity index (χ2n) is 6.67. The molecule has 3 N–H and O–H groups in total. The molecule has 0 saturated carbocycles. The molecule has 4 rings (SSSR count). The number of phenols is 1. The fourth-order valence-electron chi connectivity index (χ4n) is 3.06. The number of hydrogen-bond acceptors (Lipinski definition) is 7. The van der Waals surface area contributed by atoms with Crippen LogP contribution in [-0.4, -0.2) is 41.4 Å². The standard InChI is InChI=1S/C21H23N5O2/c1-15-14-22-21(25-20(15)23-17-3-2-4-19(27)13-17)24-16-5-7-18(8-6-16)26-9-11-28-12-10-26/h2-8,13-14,27H,9-12H2,1H3,(H2,22,23,24,25). The van der Waals surface area contributed by atoms with E-state index in [4.69, 9.17) is 4.74 Å². The molecule has 7 heteroatoms. The van der Waals surface area contributed by atoms with E-state index in [1.54, 1.807) is 24.4 Å². The molecule has 0 radical (unpaired) electrons. The van der Waals surface area contributed by atoms with E-state index in [2.05, 4.69) is 37.6 Å². The molecule has 0 unspecified atom stereocenters. The molecule has 1 aliphatic heterocycles. The van der Waals surface area contributed by atoms with Gasteiger partial charge < -0.3 is 25.4 Å². The fraction of sp³-hybridized carbons (Fsp3) is 0.238. The lowest BCUT2D eigenvalue weighted by molar-refractivity contribution is 0.122. The van der Waals surface area contributed by atoms with E-state index in [1.807, 2.05) is 25.1 Å². The van der Waals surface area contributed by atoms with Crippen LogP contribution in [0, 0.1) is 6.92 Å². The number of nitrogens with one attached hydrogen (secondary N) is 2. The number of aromatic hydroxyl groups is 1. The summed E-state index contributed by atoms with van der Waals surface area (Å²) in [6, 6.07) is 15.2. The summed E-state index contributed by atoms with van der Waals surface area (Å²) in [4.78, 5) is 11.2. The van der Waals surface area contributed by atoms with Gasteiger partial charge in [0.1, 0.15) is 11.6 Å². The van der Waals surface area contributed by atoms with Gasteiger partial charge in [-0.1, -0.05) is 6.07 Å². The summed E-state index contributed by atoms with van der Waals surface area (Å²) in [5.41, 5.74) is 3.79. The molecule has 1 aromatic heterocycles. The SMILES string of the molecule is Cc1cnc(Nc2ccc(N3CCOCC3)cc2)nc1Nc1cccc(O)c1. The lowest BCUT2D eigenvalue weighted by Crippen LogP contribution is -2.36. The van der Waals surface area contributed by atoms with Gasteiger partial charge in [0, 0.05) is 48.0 Å². The van der Waals surface area contributed by atoms with Crippen molar-refractivity contribution in [3.63, 3.8) is 0 Å². The van der Waals surface area contributed by atoms with Crippen LogP contribution in [0.15, 0.2) is 54.7 Å². The molecule has 0 spiro atoms. The summed E-state index contributed by atoms with van der Waals surface area (Å²) in [5, 5.41) is 16.1. The maximum Gasteiger partial charge on any atom is 0.229 e. The van der Waals surface area contributed by atoms with E-state index in [-0.39, 0.29) is 5.75 Å². The zero-order valence-electron chi connectivity index (χ0n) is 15.7. The van der Waals surface area contributed by atoms with Crippen LogP contribution in [-0.2, 0) is 4.74 Å². The molecule has 1 fully saturated rings. The maximum absolute atomic E-state index is 9.63. The third kappa shape index (κ3) is 4.32. The summed E-state index contributed by atoms with van der Waals surface area (Å²) < 4.78 is 5.40. The predicted molar refractivity (Wildman–Crippen MR) is 111 cm³/mol. The Hall–Kier alpha value is -3.32. The quantitative estimate of drug-likeness (QED) is 0.623. The van der Waals surface area contributed by atoms with Crippen LogP contribution in [0.1, 0.15) is 5.56 Å². The van der Waals surface area contributed by atoms with Crippen molar-refractivity contribution in [3.8, 4) is 5.75 Å². The van der Waals surface area contributed by atoms with Crippen molar-refractivity contribution < 1.29 is 9.84 Å². The first kappa shape index (κ1) is 18.1. The number of anilines is 5. The number of hydrogen-bond donors (Lipinski definition) is 3. The van der Waals surface area contributed by atoms with Crippen LogP contribution in [0.2, 0.25) is 0 Å². The Bertz CT molecular complexity index is 940. The third-order valence-electron chi connectivity index (χ3n) is 4.58. The van der Waals surface area contributed by atoms with E-state index in [0.29, 0.717) is 11.8 Å². The largest absolute Gasteiger partial charge is 0.508 e. The van der Waals surface area contributed by atoms with E-state index < -0.39 is 0 Å². The molecule has 144 valence electrons. The highest BCUT2D eigenvalue weighted by atomic mass is 16.5. The molecular weight excluding hydrogens is 354 g/mol. The Kier molecular flexibility index (Phi) is 5.25. The molecular formula is C21H23N5O2. The molecule has 2 heterocycles. The van der Waals surface area contributed by atoms with Gasteiger partial charge in [-0.05, 0) is 43.3 Å². The number of morpholine rings is 1. The van der Waals surface area contributed by atoms with Crippen LogP contribution in [0.3, 0.4) is 0 Å². The number of ether oxygens (including phenoxy) is 1. The van der Waals surface area contributed by atoms with Crippen LogP contribution < -0.4 is 15.5 Å². The van der Waals surface area contributed by atoms with Crippen molar-refractivity contribution in [1.29, 1.82) is 0 Å². The maximum atomic E-state index is 9.63. The molecule has 2 aromatic carbocycles. The van der Waals surface area contributed by atoms with Gasteiger partial charge in [0.2, 0.25) is 5.95 Å². The molecule has 3 aromatic rings. The minimum atomic E-state index is 0.204. The molecule has 1 saturated heterocycles. The predicted octanol–water partition coefficient (Wildman–Crippen LogP) is 3.81. The first-order chi connectivity index (χ1) is 13.7. The number of aromatic nitrogens is 2. The number of nitrogens with zero attached hydrogens (tertiary/aromatic N) is 3. The van der Waals surface area contributed by atoms with Crippen molar-refractivity contribution in [2.24, 2.45) is 0 Å². The minimum absolute atomic E-state index is 0.204. The molecule has 0 atom stereocenters. The zero-order valence-corrected chi connectivity index (χ0v) is 15.7. The van der Waals surface area contributed by atoms with E-state index in [9.17, 15) is 5.11 Å². The number of benzene rings is 2. The Balaban J connectivity index is 1.47. The first-order valence-electron chi connectivity index (χ1n) is 9.27. The Morgan fingerprint density at radius 1 is 1.00 bits per heavy atom. The Morgan fingerprint density at radius 3 is 2.54 bits per heavy atom. The molecule has 7 nitrogen and oxygen atoms in total. The van der Waals surface area contributed by atoms with Crippen molar-refractivity contribution in [3.05, 3.63) is 60.3 Å². The average Bonchev–Trinajstić information content (AvgIpc) is 2.72. The van der Waals surface area contributed by atoms with Crippen molar-refractivity contribution >= 4 is 28.8 Å². The van der Waals surface area contributed by atoms with Crippen LogP contribution in [0.25, 0.3) is 0 Å². The molecule has 28 heavy (non-hydrogen) atoms. The summed E-state index contributed by atoms with van der Waals surface area (Å²) >= 11 is 0. The number of phenolic OH excluding ortho intramolecular Hbond substituents is 1. The van der Waals surface area contributed by atoms with Gasteiger partial charge in [0.25, 0.3) is 0 Å². The first-order valence-corrected chi connectivity index (χ1v) is 9.27. The van der Waals surface area contributed by atoms with E-state index in [0.717, 1.165) is 43.2 Å². The van der Waals surface area contributed by atoms with E-state index in [1.165, 1.54) is 5.69 Å². The molecule has 0 amide bonds. The highest BCUT2D eigenvalue weighted by molar-refractivity contribution is 5.64. The van der Waals surface area contributed by atoms with Gasteiger partial charge in [0.15, 0.2) is 0 Å². The lowest BCUT2D eigenvalue weighted by atomic mass is 10.2. The Morgan fingerprint density at radius 2 is 1.79 bits per heavy atom. The molecule has 0 aliphatic carbocycles. The number of rotatable bonds is 5. The van der Waals surface area contributed by atoms with Gasteiger partial charge in [-0.2, -0.15) is 4.98 Å². The average molecular weight is 377 g/mol. The van der Waals surface area contributed by atoms with Crippen molar-refractivity contribution in [1.82, 2.24) is 9.97 Å². The molecule has 1 aliphatic rings. The second kappa shape index (κ2) is 8.14. The van der Waals surface area contributed by atoms with Gasteiger partial charge >= 0.3 is 0 Å². The Labute approximate surface area is 164 Å². The third-order valence-corrected chi connectivity index (χ3v) is 4.58. The van der Waals surface area contributed by atoms with Crippen LogP contribution in [0.5, 0.6) is 5.75 Å². The fourth-order valence-corrected chi connectivity index (χ4v) is 3.06. The van der Waals surface area contributed by atoms with Gasteiger partial charge in [-0.3, -0.25) is 0 Å². The smallest absolute Gasteiger partial charge is 0.229 e. The van der Waals surface area contributed by atoms with E-state index >= 15 is 0 Å². The van der Waals surface area contributed by atoms with Crippen molar-refractivity contribution in [2.45, 2.75) is 6.92 Å². The summed E-state index contributed by atoms with van der Waals surface area (Å²) in [5.74, 6) is 1.40. The molecule has 0 bridgehead atoms. The van der Waals surface area contributed by atoms with Crippen molar-refractivity contribution in [2.75, 3.05) is 41.8 Å². The summed E-state index contributed by atoms with van der Waals surface area (Å²) in [6.45, 7) is 5.31. The second-order valence-corrected chi connectivity index (χ2v) is 6.67. The monoisotopic (exact) mass is 377 g/mol. The van der Waals surface area contributed by atoms with Gasteiger partial charge in [0.05, 0.1) is 13.2 Å². The zero-order chi connectivity index (χ0) is 19.3. The highest BCUT2D eigenvalue weighted by Crippen LogP contribution is 2.24. The highest BCUT2D eigenvalue weighted by Gasteiger charge is 2.11. The van der Waals surface area contributed by atoms with Crippen LogP contribution >= 0.6 is 0 Å². The number of aryl methyl sites for hydroxylation is 1. The van der Waals surface area contributed by atoms with Gasteiger partial charge in [-0.25, -0.2) is 4.98 Å².